The number of amides is 1. The molecule has 2 aliphatic rings. The maximum absolute atomic E-state index is 12.7. The number of hydrogen-bond acceptors (Lipinski definition) is 5. The number of nitrogens with one attached hydrogen (secondary N) is 1. The van der Waals surface area contributed by atoms with E-state index in [4.69, 9.17) is 4.42 Å². The van der Waals surface area contributed by atoms with Crippen LogP contribution in [-0.4, -0.2) is 44.3 Å². The van der Waals surface area contributed by atoms with E-state index < -0.39 is 0 Å². The van der Waals surface area contributed by atoms with Crippen LogP contribution in [0.15, 0.2) is 21.3 Å². The summed E-state index contributed by atoms with van der Waals surface area (Å²) >= 11 is 0. The zero-order valence-corrected chi connectivity index (χ0v) is 18.1. The molecule has 0 bridgehead atoms. The summed E-state index contributed by atoms with van der Waals surface area (Å²) in [5.41, 5.74) is -0.0322. The van der Waals surface area contributed by atoms with Gasteiger partial charge < -0.3 is 9.73 Å². The van der Waals surface area contributed by atoms with Gasteiger partial charge in [-0.3, -0.25) is 14.3 Å². The Morgan fingerprint density at radius 2 is 2.03 bits per heavy atom. The Morgan fingerprint density at radius 3 is 2.80 bits per heavy atom. The van der Waals surface area contributed by atoms with Crippen LogP contribution in [0.25, 0.3) is 0 Å². The Morgan fingerprint density at radius 1 is 1.23 bits per heavy atom. The molecule has 4 rings (SSSR count). The van der Waals surface area contributed by atoms with E-state index in [0.29, 0.717) is 31.2 Å². The third-order valence-electron chi connectivity index (χ3n) is 6.13. The van der Waals surface area contributed by atoms with Gasteiger partial charge >= 0.3 is 5.69 Å². The highest BCUT2D eigenvalue weighted by molar-refractivity contribution is 5.91. The van der Waals surface area contributed by atoms with Crippen LogP contribution in [0.1, 0.15) is 68.1 Å². The third kappa shape index (κ3) is 4.86. The molecule has 0 saturated carbocycles. The van der Waals surface area contributed by atoms with Gasteiger partial charge in [0.05, 0.1) is 6.54 Å². The normalized spacial score (nSPS) is 19.8. The Bertz CT molecular complexity index is 920. The number of likely N-dealkylation sites (tertiary alicyclic amines) is 1. The number of furan rings is 1. The molecule has 8 heteroatoms. The van der Waals surface area contributed by atoms with Crippen molar-refractivity contribution in [1.29, 1.82) is 0 Å². The smallest absolute Gasteiger partial charge is 0.345 e. The van der Waals surface area contributed by atoms with E-state index >= 15 is 0 Å². The van der Waals surface area contributed by atoms with Gasteiger partial charge in [0, 0.05) is 25.6 Å². The van der Waals surface area contributed by atoms with Crippen LogP contribution in [0.3, 0.4) is 0 Å². The fraction of sp³-hybridized carbons (Fsp3) is 0.682. The first-order valence-electron chi connectivity index (χ1n) is 11.3. The molecular weight excluding hydrogens is 382 g/mol. The van der Waals surface area contributed by atoms with Gasteiger partial charge in [0.1, 0.15) is 11.6 Å². The Labute approximate surface area is 177 Å². The summed E-state index contributed by atoms with van der Waals surface area (Å²) in [6.45, 7) is 8.49. The van der Waals surface area contributed by atoms with E-state index in [1.165, 1.54) is 12.8 Å². The molecule has 2 aromatic rings. The van der Waals surface area contributed by atoms with E-state index in [9.17, 15) is 9.59 Å². The second-order valence-corrected chi connectivity index (χ2v) is 9.00. The third-order valence-corrected chi connectivity index (χ3v) is 6.13. The molecule has 1 atom stereocenters. The van der Waals surface area contributed by atoms with Crippen LogP contribution in [0.5, 0.6) is 0 Å². The zero-order valence-electron chi connectivity index (χ0n) is 18.1. The molecule has 1 unspecified atom stereocenters. The molecule has 4 heterocycles. The minimum Gasteiger partial charge on any atom is -0.455 e. The lowest BCUT2D eigenvalue weighted by atomic mass is 10.1. The van der Waals surface area contributed by atoms with Crippen molar-refractivity contribution in [2.24, 2.45) is 5.92 Å². The fourth-order valence-corrected chi connectivity index (χ4v) is 4.30. The van der Waals surface area contributed by atoms with Gasteiger partial charge in [-0.05, 0) is 63.2 Å². The van der Waals surface area contributed by atoms with Gasteiger partial charge in [-0.2, -0.15) is 5.10 Å². The summed E-state index contributed by atoms with van der Waals surface area (Å²) in [4.78, 5) is 27.6. The largest absolute Gasteiger partial charge is 0.455 e. The summed E-state index contributed by atoms with van der Waals surface area (Å²) in [5.74, 6) is 2.38. The van der Waals surface area contributed by atoms with E-state index in [0.717, 1.165) is 50.5 Å². The maximum atomic E-state index is 12.7. The molecule has 8 nitrogen and oxygen atoms in total. The molecule has 164 valence electrons. The molecule has 0 spiro atoms. The van der Waals surface area contributed by atoms with E-state index in [2.05, 4.69) is 29.2 Å². The maximum Gasteiger partial charge on any atom is 0.345 e. The van der Waals surface area contributed by atoms with Gasteiger partial charge in [0.25, 0.3) is 5.91 Å². The minimum absolute atomic E-state index is 0.00912. The first-order valence-corrected chi connectivity index (χ1v) is 11.3. The zero-order chi connectivity index (χ0) is 21.1. The molecule has 1 N–H and O–H groups in total. The standard InChI is InChI=1S/C22H33N5O3/c1-16(2)9-14-27-22(29)26-13-10-17(5-8-20(26)24-27)23-21(28)19-7-6-18(30-19)15-25-11-3-4-12-25/h6-7,16-17H,3-5,8-15H2,1-2H3,(H,23,28). The van der Waals surface area contributed by atoms with Crippen molar-refractivity contribution >= 4 is 5.91 Å². The fourth-order valence-electron chi connectivity index (χ4n) is 4.30. The topological polar surface area (TPSA) is 85.3 Å². The molecule has 0 aromatic carbocycles. The van der Waals surface area contributed by atoms with Crippen molar-refractivity contribution in [2.45, 2.75) is 78.0 Å². The van der Waals surface area contributed by atoms with Crippen LogP contribution < -0.4 is 11.0 Å². The average Bonchev–Trinajstić information content (AvgIpc) is 3.42. The van der Waals surface area contributed by atoms with Crippen LogP contribution >= 0.6 is 0 Å². The van der Waals surface area contributed by atoms with Gasteiger partial charge in [-0.1, -0.05) is 13.8 Å². The van der Waals surface area contributed by atoms with Crippen LogP contribution in [-0.2, 0) is 26.1 Å². The number of carbonyl (C=O) groups excluding carboxylic acids is 1. The van der Waals surface area contributed by atoms with Crippen LogP contribution in [0, 0.1) is 5.92 Å². The van der Waals surface area contributed by atoms with Gasteiger partial charge in [-0.15, -0.1) is 0 Å². The lowest BCUT2D eigenvalue weighted by Gasteiger charge is -2.15. The highest BCUT2D eigenvalue weighted by Gasteiger charge is 2.24. The summed E-state index contributed by atoms with van der Waals surface area (Å²) in [7, 11) is 0. The monoisotopic (exact) mass is 415 g/mol. The van der Waals surface area contributed by atoms with Crippen molar-refractivity contribution in [1.82, 2.24) is 24.6 Å². The van der Waals surface area contributed by atoms with Gasteiger partial charge in [-0.25, -0.2) is 9.48 Å². The quantitative estimate of drug-likeness (QED) is 0.751. The average molecular weight is 416 g/mol. The van der Waals surface area contributed by atoms with E-state index in [-0.39, 0.29) is 17.6 Å². The molecule has 1 amide bonds. The Kier molecular flexibility index (Phi) is 6.41. The molecule has 30 heavy (non-hydrogen) atoms. The predicted molar refractivity (Wildman–Crippen MR) is 113 cm³/mol. The first-order chi connectivity index (χ1) is 14.5. The number of aryl methyl sites for hydroxylation is 2. The summed E-state index contributed by atoms with van der Waals surface area (Å²) in [6.07, 6.45) is 5.58. The van der Waals surface area contributed by atoms with Gasteiger partial charge in [0.2, 0.25) is 0 Å². The number of rotatable bonds is 7. The second kappa shape index (κ2) is 9.20. The summed E-state index contributed by atoms with van der Waals surface area (Å²) < 4.78 is 9.15. The number of fused-ring (bicyclic) bond motifs is 1. The number of nitrogens with zero attached hydrogens (tertiary/aromatic N) is 4. The first kappa shape index (κ1) is 20.9. The number of aromatic nitrogens is 3. The molecule has 2 aliphatic heterocycles. The molecule has 1 fully saturated rings. The van der Waals surface area contributed by atoms with Crippen molar-refractivity contribution < 1.29 is 9.21 Å². The predicted octanol–water partition coefficient (Wildman–Crippen LogP) is 2.41. The van der Waals surface area contributed by atoms with Crippen molar-refractivity contribution in [3.05, 3.63) is 40.0 Å². The second-order valence-electron chi connectivity index (χ2n) is 9.00. The van der Waals surface area contributed by atoms with Crippen LogP contribution in [0.2, 0.25) is 0 Å². The lowest BCUT2D eigenvalue weighted by molar-refractivity contribution is 0.0901. The van der Waals surface area contributed by atoms with E-state index in [1.54, 1.807) is 15.3 Å². The number of hydrogen-bond donors (Lipinski definition) is 1. The molecule has 0 radical (unpaired) electrons. The van der Waals surface area contributed by atoms with Gasteiger partial charge in [0.15, 0.2) is 5.76 Å². The Hall–Kier alpha value is -2.35. The van der Waals surface area contributed by atoms with Crippen molar-refractivity contribution in [2.75, 3.05) is 13.1 Å². The lowest BCUT2D eigenvalue weighted by Crippen LogP contribution is -2.35. The minimum atomic E-state index is -0.179. The summed E-state index contributed by atoms with van der Waals surface area (Å²) in [6, 6.07) is 3.67. The molecule has 0 aliphatic carbocycles. The van der Waals surface area contributed by atoms with E-state index in [1.807, 2.05) is 6.07 Å². The number of carbonyl (C=O) groups is 1. The summed E-state index contributed by atoms with van der Waals surface area (Å²) in [5, 5.41) is 7.62. The molecule has 2 aromatic heterocycles. The van der Waals surface area contributed by atoms with Crippen molar-refractivity contribution in [3.8, 4) is 0 Å². The van der Waals surface area contributed by atoms with Crippen molar-refractivity contribution in [3.63, 3.8) is 0 Å². The SMILES string of the molecule is CC(C)CCn1nc2n(c1=O)CCC(NC(=O)c1ccc(CN3CCCC3)o1)CC2. The Balaban J connectivity index is 1.32. The highest BCUT2D eigenvalue weighted by atomic mass is 16.4. The molecular formula is C22H33N5O3. The molecule has 1 saturated heterocycles. The van der Waals surface area contributed by atoms with Crippen LogP contribution in [0.4, 0.5) is 0 Å². The highest BCUT2D eigenvalue weighted by Crippen LogP contribution is 2.17.